The Morgan fingerprint density at radius 1 is 1.50 bits per heavy atom. The lowest BCUT2D eigenvalue weighted by molar-refractivity contribution is -0.143. The molecule has 1 aliphatic heterocycles. The molecule has 1 aromatic rings. The van der Waals surface area contributed by atoms with Crippen molar-refractivity contribution in [3.05, 3.63) is 21.3 Å². The van der Waals surface area contributed by atoms with Crippen molar-refractivity contribution in [3.63, 3.8) is 0 Å². The molecule has 1 amide bonds. The number of thiophene rings is 1. The Kier molecular flexibility index (Phi) is 3.05. The molecule has 1 aliphatic rings. The number of halogens is 1. The molecule has 0 radical (unpaired) electrons. The molecular weight excluding hydrogens is 222 g/mol. The van der Waals surface area contributed by atoms with Crippen LogP contribution in [0, 0.1) is 0 Å². The van der Waals surface area contributed by atoms with E-state index in [0.717, 1.165) is 12.8 Å². The van der Waals surface area contributed by atoms with Gasteiger partial charge in [-0.2, -0.15) is 0 Å². The Morgan fingerprint density at radius 2 is 2.36 bits per heavy atom. The van der Waals surface area contributed by atoms with Crippen LogP contribution in [0.2, 0.25) is 4.34 Å². The van der Waals surface area contributed by atoms with Gasteiger partial charge in [-0.25, -0.2) is 5.06 Å². The van der Waals surface area contributed by atoms with Crippen LogP contribution in [-0.2, 0) is 4.84 Å². The van der Waals surface area contributed by atoms with Gasteiger partial charge < -0.3 is 0 Å². The minimum atomic E-state index is -0.0819. The Hall–Kier alpha value is -0.580. The lowest BCUT2D eigenvalue weighted by Crippen LogP contribution is -2.35. The maximum absolute atomic E-state index is 11.8. The highest BCUT2D eigenvalue weighted by molar-refractivity contribution is 7.17. The number of hydrogen-bond donors (Lipinski definition) is 0. The molecular formula is C9H10ClNO2S. The van der Waals surface area contributed by atoms with Gasteiger partial charge in [0.2, 0.25) is 0 Å². The average molecular weight is 232 g/mol. The smallest absolute Gasteiger partial charge is 0.271 e. The number of nitrogens with zero attached hydrogens (tertiary/aromatic N) is 1. The average Bonchev–Trinajstić information content (AvgIpc) is 2.65. The summed E-state index contributed by atoms with van der Waals surface area (Å²) < 4.78 is 0.630. The van der Waals surface area contributed by atoms with Crippen LogP contribution in [0.25, 0.3) is 0 Å². The number of amides is 1. The fourth-order valence-electron chi connectivity index (χ4n) is 1.31. The first-order chi connectivity index (χ1) is 6.77. The third-order valence-corrected chi connectivity index (χ3v) is 3.23. The van der Waals surface area contributed by atoms with Crippen LogP contribution in [0.4, 0.5) is 0 Å². The van der Waals surface area contributed by atoms with Gasteiger partial charge in [0.05, 0.1) is 15.8 Å². The lowest BCUT2D eigenvalue weighted by Gasteiger charge is -2.25. The molecule has 0 unspecified atom stereocenters. The topological polar surface area (TPSA) is 29.5 Å². The van der Waals surface area contributed by atoms with Crippen LogP contribution >= 0.6 is 22.9 Å². The molecule has 5 heteroatoms. The van der Waals surface area contributed by atoms with E-state index in [1.54, 1.807) is 12.1 Å². The summed E-state index contributed by atoms with van der Waals surface area (Å²) >= 11 is 7.03. The first-order valence-corrected chi connectivity index (χ1v) is 5.67. The van der Waals surface area contributed by atoms with Crippen LogP contribution in [0.15, 0.2) is 12.1 Å². The highest BCUT2D eigenvalue weighted by Crippen LogP contribution is 2.23. The van der Waals surface area contributed by atoms with Gasteiger partial charge in [0, 0.05) is 6.54 Å². The van der Waals surface area contributed by atoms with Crippen LogP contribution in [0.3, 0.4) is 0 Å². The van der Waals surface area contributed by atoms with E-state index in [0.29, 0.717) is 22.4 Å². The zero-order chi connectivity index (χ0) is 9.97. The molecule has 0 bridgehead atoms. The van der Waals surface area contributed by atoms with Gasteiger partial charge in [-0.15, -0.1) is 11.3 Å². The van der Waals surface area contributed by atoms with Gasteiger partial charge in [0.1, 0.15) is 0 Å². The number of hydroxylamine groups is 2. The van der Waals surface area contributed by atoms with Gasteiger partial charge in [0.15, 0.2) is 0 Å². The second-order valence-electron chi connectivity index (χ2n) is 3.05. The van der Waals surface area contributed by atoms with Crippen molar-refractivity contribution in [1.82, 2.24) is 5.06 Å². The van der Waals surface area contributed by atoms with Crippen molar-refractivity contribution in [2.45, 2.75) is 12.8 Å². The van der Waals surface area contributed by atoms with Crippen molar-refractivity contribution in [3.8, 4) is 0 Å². The molecule has 76 valence electrons. The summed E-state index contributed by atoms with van der Waals surface area (Å²) in [6.45, 7) is 1.30. The number of hydrogen-bond acceptors (Lipinski definition) is 3. The molecule has 0 aromatic carbocycles. The van der Waals surface area contributed by atoms with Crippen molar-refractivity contribution in [1.29, 1.82) is 0 Å². The summed E-state index contributed by atoms with van der Waals surface area (Å²) in [6.07, 6.45) is 2.03. The van der Waals surface area contributed by atoms with E-state index in [9.17, 15) is 4.79 Å². The van der Waals surface area contributed by atoms with E-state index >= 15 is 0 Å². The summed E-state index contributed by atoms with van der Waals surface area (Å²) in [5.41, 5.74) is 0. The van der Waals surface area contributed by atoms with Gasteiger partial charge in [-0.1, -0.05) is 11.6 Å². The van der Waals surface area contributed by atoms with E-state index in [4.69, 9.17) is 16.4 Å². The Labute approximate surface area is 91.2 Å². The third-order valence-electron chi connectivity index (χ3n) is 2.01. The molecule has 0 saturated carbocycles. The molecule has 0 spiro atoms. The molecule has 1 saturated heterocycles. The van der Waals surface area contributed by atoms with Crippen LogP contribution in [0.5, 0.6) is 0 Å². The first kappa shape index (κ1) is 9.96. The van der Waals surface area contributed by atoms with Gasteiger partial charge in [-0.3, -0.25) is 9.63 Å². The highest BCUT2D eigenvalue weighted by atomic mass is 35.5. The van der Waals surface area contributed by atoms with E-state index < -0.39 is 0 Å². The summed E-state index contributed by atoms with van der Waals surface area (Å²) in [7, 11) is 0. The molecule has 14 heavy (non-hydrogen) atoms. The van der Waals surface area contributed by atoms with Gasteiger partial charge in [-0.05, 0) is 25.0 Å². The minimum absolute atomic E-state index is 0.0819. The number of carbonyl (C=O) groups is 1. The van der Waals surface area contributed by atoms with Gasteiger partial charge >= 0.3 is 0 Å². The molecule has 0 atom stereocenters. The molecule has 1 aromatic heterocycles. The van der Waals surface area contributed by atoms with E-state index in [-0.39, 0.29) is 5.91 Å². The second kappa shape index (κ2) is 4.29. The second-order valence-corrected chi connectivity index (χ2v) is 4.77. The van der Waals surface area contributed by atoms with Gasteiger partial charge in [0.25, 0.3) is 5.91 Å². The maximum Gasteiger partial charge on any atom is 0.287 e. The molecule has 2 rings (SSSR count). The van der Waals surface area contributed by atoms with Crippen molar-refractivity contribution in [2.24, 2.45) is 0 Å². The fourth-order valence-corrected chi connectivity index (χ4v) is 2.29. The van der Waals surface area contributed by atoms with Crippen LogP contribution < -0.4 is 0 Å². The highest BCUT2D eigenvalue weighted by Gasteiger charge is 2.20. The number of carbonyl (C=O) groups excluding carboxylic acids is 1. The number of rotatable bonds is 1. The summed E-state index contributed by atoms with van der Waals surface area (Å²) in [4.78, 5) is 17.7. The van der Waals surface area contributed by atoms with Crippen molar-refractivity contribution < 1.29 is 9.63 Å². The lowest BCUT2D eigenvalue weighted by atomic mass is 10.3. The predicted molar refractivity (Wildman–Crippen MR) is 55.6 cm³/mol. The van der Waals surface area contributed by atoms with E-state index in [1.807, 2.05) is 0 Å². The summed E-state index contributed by atoms with van der Waals surface area (Å²) in [5, 5.41) is 1.42. The van der Waals surface area contributed by atoms with E-state index in [2.05, 4.69) is 0 Å². The Morgan fingerprint density at radius 3 is 2.93 bits per heavy atom. The maximum atomic E-state index is 11.8. The third kappa shape index (κ3) is 2.08. The van der Waals surface area contributed by atoms with Crippen molar-refractivity contribution >= 4 is 28.8 Å². The molecule has 1 fully saturated rings. The summed E-state index contributed by atoms with van der Waals surface area (Å²) in [6, 6.07) is 3.46. The fraction of sp³-hybridized carbons (Fsp3) is 0.444. The van der Waals surface area contributed by atoms with Crippen LogP contribution in [0.1, 0.15) is 22.5 Å². The zero-order valence-corrected chi connectivity index (χ0v) is 9.11. The standard InChI is InChI=1S/C9H10ClNO2S/c10-8-4-3-7(14-8)9(12)11-5-1-2-6-13-11/h3-4H,1-2,5-6H2. The summed E-state index contributed by atoms with van der Waals surface area (Å²) in [5.74, 6) is -0.0819. The molecule has 0 N–H and O–H groups in total. The predicted octanol–water partition coefficient (Wildman–Crippen LogP) is 2.57. The van der Waals surface area contributed by atoms with E-state index in [1.165, 1.54) is 16.4 Å². The largest absolute Gasteiger partial charge is 0.287 e. The first-order valence-electron chi connectivity index (χ1n) is 4.47. The van der Waals surface area contributed by atoms with Crippen LogP contribution in [-0.4, -0.2) is 24.1 Å². The minimum Gasteiger partial charge on any atom is -0.271 e. The monoisotopic (exact) mass is 231 g/mol. The van der Waals surface area contributed by atoms with Crippen molar-refractivity contribution in [2.75, 3.05) is 13.2 Å². The molecule has 2 heterocycles. The quantitative estimate of drug-likeness (QED) is 0.744. The molecule has 0 aliphatic carbocycles. The Balaban J connectivity index is 2.07. The SMILES string of the molecule is O=C(c1ccc(Cl)s1)N1CCCCO1. The Bertz CT molecular complexity index is 333. The zero-order valence-electron chi connectivity index (χ0n) is 7.53. The normalized spacial score (nSPS) is 17.1. The molecule has 3 nitrogen and oxygen atoms in total.